The van der Waals surface area contributed by atoms with Crippen molar-refractivity contribution in [3.05, 3.63) is 45.1 Å². The van der Waals surface area contributed by atoms with Gasteiger partial charge in [-0.2, -0.15) is 5.10 Å². The first-order valence-electron chi connectivity index (χ1n) is 8.21. The molecule has 0 saturated carbocycles. The summed E-state index contributed by atoms with van der Waals surface area (Å²) >= 11 is 12.2. The van der Waals surface area contributed by atoms with E-state index in [9.17, 15) is 9.90 Å². The van der Waals surface area contributed by atoms with Gasteiger partial charge in [-0.1, -0.05) is 23.2 Å². The van der Waals surface area contributed by atoms with E-state index in [2.05, 4.69) is 10.4 Å². The van der Waals surface area contributed by atoms with Crippen LogP contribution in [-0.2, 0) is 17.7 Å². The molecule has 0 aliphatic carbocycles. The number of carbonyl (C=O) groups excluding carboxylic acids is 1. The van der Waals surface area contributed by atoms with Crippen LogP contribution in [-0.4, -0.2) is 33.2 Å². The minimum absolute atomic E-state index is 0.0587. The van der Waals surface area contributed by atoms with Crippen LogP contribution in [0.5, 0.6) is 0 Å². The Balaban J connectivity index is 2.34. The van der Waals surface area contributed by atoms with Crippen molar-refractivity contribution in [1.29, 1.82) is 0 Å². The highest BCUT2D eigenvalue weighted by molar-refractivity contribution is 6.34. The van der Waals surface area contributed by atoms with Crippen LogP contribution in [0.1, 0.15) is 37.6 Å². The molecule has 2 N–H and O–H groups in total. The van der Waals surface area contributed by atoms with Crippen molar-refractivity contribution in [2.24, 2.45) is 0 Å². The van der Waals surface area contributed by atoms with Crippen molar-refractivity contribution in [3.63, 3.8) is 0 Å². The quantitative estimate of drug-likeness (QED) is 0.779. The molecule has 1 aromatic carbocycles. The fourth-order valence-electron chi connectivity index (χ4n) is 2.53. The highest BCUT2D eigenvalue weighted by atomic mass is 35.5. The molecule has 1 heterocycles. The number of anilines is 1. The van der Waals surface area contributed by atoms with E-state index >= 15 is 0 Å². The summed E-state index contributed by atoms with van der Waals surface area (Å²) in [5, 5.41) is 17.4. The lowest BCUT2D eigenvalue weighted by atomic mass is 10.0. The van der Waals surface area contributed by atoms with E-state index in [1.54, 1.807) is 31.5 Å². The molecule has 0 radical (unpaired) electrons. The number of hydrogen-bond acceptors (Lipinski definition) is 4. The fraction of sp³-hybridized carbons (Fsp3) is 0.444. The second-order valence-corrected chi connectivity index (χ2v) is 7.81. The summed E-state index contributed by atoms with van der Waals surface area (Å²) in [6.07, 6.45) is -0.112. The smallest absolute Gasteiger partial charge is 0.413 e. The minimum atomic E-state index is -0.618. The summed E-state index contributed by atoms with van der Waals surface area (Å²) in [5.41, 5.74) is 1.92. The highest BCUT2D eigenvalue weighted by Gasteiger charge is 2.21. The van der Waals surface area contributed by atoms with Crippen molar-refractivity contribution in [3.8, 4) is 0 Å². The lowest BCUT2D eigenvalue weighted by molar-refractivity contribution is 0.0635. The van der Waals surface area contributed by atoms with Gasteiger partial charge >= 0.3 is 6.09 Å². The zero-order valence-corrected chi connectivity index (χ0v) is 16.8. The van der Waals surface area contributed by atoms with Gasteiger partial charge in [0.05, 0.1) is 13.2 Å². The third kappa shape index (κ3) is 5.62. The number of nitrogens with one attached hydrogen (secondary N) is 1. The zero-order valence-electron chi connectivity index (χ0n) is 15.3. The van der Waals surface area contributed by atoms with E-state index in [0.29, 0.717) is 28.8 Å². The van der Waals surface area contributed by atoms with E-state index in [1.165, 1.54) is 0 Å². The van der Waals surface area contributed by atoms with Crippen molar-refractivity contribution >= 4 is 35.1 Å². The highest BCUT2D eigenvalue weighted by Crippen LogP contribution is 2.26. The van der Waals surface area contributed by atoms with Gasteiger partial charge in [-0.05, 0) is 51.5 Å². The molecule has 0 unspecified atom stereocenters. The molecule has 1 aromatic heterocycles. The van der Waals surface area contributed by atoms with Crippen LogP contribution < -0.4 is 5.32 Å². The Morgan fingerprint density at radius 3 is 2.42 bits per heavy atom. The number of nitrogens with zero attached hydrogens (tertiary/aromatic N) is 2. The molecular formula is C18H23Cl2N3O3. The van der Waals surface area contributed by atoms with Gasteiger partial charge in [-0.3, -0.25) is 10.00 Å². The van der Waals surface area contributed by atoms with Crippen LogP contribution in [0, 0.1) is 6.92 Å². The first-order valence-corrected chi connectivity index (χ1v) is 8.97. The largest absolute Gasteiger partial charge is 0.444 e. The lowest BCUT2D eigenvalue weighted by Gasteiger charge is -2.19. The topological polar surface area (TPSA) is 76.4 Å². The van der Waals surface area contributed by atoms with Gasteiger partial charge in [-0.25, -0.2) is 4.79 Å². The molecule has 0 fully saturated rings. The number of aliphatic hydroxyl groups excluding tert-OH is 1. The molecule has 0 saturated heterocycles. The molecule has 8 heteroatoms. The lowest BCUT2D eigenvalue weighted by Crippen LogP contribution is -2.27. The average Bonchev–Trinajstić information content (AvgIpc) is 2.73. The fourth-order valence-corrected chi connectivity index (χ4v) is 3.10. The normalized spacial score (nSPS) is 11.5. The van der Waals surface area contributed by atoms with E-state index in [1.807, 2.05) is 19.1 Å². The maximum atomic E-state index is 12.1. The van der Waals surface area contributed by atoms with Gasteiger partial charge in [0.2, 0.25) is 0 Å². The first kappa shape index (κ1) is 20.6. The summed E-state index contributed by atoms with van der Waals surface area (Å²) in [5.74, 6) is 0.390. The summed E-state index contributed by atoms with van der Waals surface area (Å²) in [6.45, 7) is 7.51. The Bertz CT molecular complexity index is 777. The predicted octanol–water partition coefficient (Wildman–Crippen LogP) is 4.43. The predicted molar refractivity (Wildman–Crippen MR) is 103 cm³/mol. The third-order valence-corrected chi connectivity index (χ3v) is 4.00. The summed E-state index contributed by atoms with van der Waals surface area (Å²) in [7, 11) is 0. The van der Waals surface area contributed by atoms with E-state index in [-0.39, 0.29) is 6.61 Å². The Labute approximate surface area is 163 Å². The Morgan fingerprint density at radius 1 is 1.27 bits per heavy atom. The molecule has 0 bridgehead atoms. The third-order valence-electron chi connectivity index (χ3n) is 3.56. The number of halogens is 2. The second kappa shape index (κ2) is 8.29. The number of hydrogen-bond donors (Lipinski definition) is 2. The maximum absolute atomic E-state index is 12.1. The molecule has 0 atom stereocenters. The molecular weight excluding hydrogens is 377 g/mol. The van der Waals surface area contributed by atoms with Crippen molar-refractivity contribution in [1.82, 2.24) is 9.78 Å². The number of aliphatic hydroxyl groups is 1. The van der Waals surface area contributed by atoms with Gasteiger partial charge in [0.25, 0.3) is 0 Å². The molecule has 2 rings (SSSR count). The maximum Gasteiger partial charge on any atom is 0.413 e. The zero-order chi connectivity index (χ0) is 19.5. The summed E-state index contributed by atoms with van der Waals surface area (Å²) in [6, 6.07) is 5.29. The molecule has 1 amide bonds. The summed E-state index contributed by atoms with van der Waals surface area (Å²) in [4.78, 5) is 12.1. The average molecular weight is 400 g/mol. The molecule has 0 aliphatic rings. The van der Waals surface area contributed by atoms with Crippen molar-refractivity contribution in [2.45, 2.75) is 46.3 Å². The van der Waals surface area contributed by atoms with Gasteiger partial charge in [0.15, 0.2) is 5.82 Å². The van der Waals surface area contributed by atoms with Crippen molar-refractivity contribution < 1.29 is 14.6 Å². The minimum Gasteiger partial charge on any atom is -0.444 e. The molecule has 6 nitrogen and oxygen atoms in total. The second-order valence-electron chi connectivity index (χ2n) is 6.94. The Hall–Kier alpha value is -1.76. The van der Waals surface area contributed by atoms with Crippen molar-refractivity contribution in [2.75, 3.05) is 11.9 Å². The van der Waals surface area contributed by atoms with Crippen LogP contribution in [0.15, 0.2) is 18.2 Å². The summed E-state index contributed by atoms with van der Waals surface area (Å²) < 4.78 is 6.95. The number of amides is 1. The van der Waals surface area contributed by atoms with Gasteiger partial charge in [-0.15, -0.1) is 0 Å². The molecule has 2 aromatic rings. The molecule has 0 aliphatic heterocycles. The number of rotatable bonds is 5. The van der Waals surface area contributed by atoms with Gasteiger partial charge < -0.3 is 9.84 Å². The number of aromatic nitrogens is 2. The number of benzene rings is 1. The number of ether oxygens (including phenoxy) is 1. The molecule has 0 spiro atoms. The standard InChI is InChI=1S/C18H23Cl2N3O3/c1-11-15(9-12-7-13(19)10-14(20)8-12)16(22-23(11)5-6-24)21-17(25)26-18(2,3)4/h7-8,10,24H,5-6,9H2,1-4H3,(H,21,22,25). The van der Waals surface area contributed by atoms with Crippen LogP contribution >= 0.6 is 23.2 Å². The van der Waals surface area contributed by atoms with Crippen LogP contribution in [0.25, 0.3) is 0 Å². The Morgan fingerprint density at radius 2 is 1.88 bits per heavy atom. The van der Waals surface area contributed by atoms with E-state index in [0.717, 1.165) is 16.8 Å². The van der Waals surface area contributed by atoms with Gasteiger partial charge in [0, 0.05) is 27.7 Å². The molecule has 142 valence electrons. The Kier molecular flexibility index (Phi) is 6.55. The van der Waals surface area contributed by atoms with Crippen LogP contribution in [0.2, 0.25) is 10.0 Å². The first-order chi connectivity index (χ1) is 12.1. The van der Waals surface area contributed by atoms with E-state index in [4.69, 9.17) is 27.9 Å². The monoisotopic (exact) mass is 399 g/mol. The SMILES string of the molecule is Cc1c(Cc2cc(Cl)cc(Cl)c2)c(NC(=O)OC(C)(C)C)nn1CCO. The van der Waals surface area contributed by atoms with Crippen LogP contribution in [0.4, 0.5) is 10.6 Å². The van der Waals surface area contributed by atoms with Crippen LogP contribution in [0.3, 0.4) is 0 Å². The number of carbonyl (C=O) groups is 1. The van der Waals surface area contributed by atoms with E-state index < -0.39 is 11.7 Å². The molecule has 26 heavy (non-hydrogen) atoms. The van der Waals surface area contributed by atoms with Gasteiger partial charge in [0.1, 0.15) is 5.60 Å².